The molecule has 21 heteroatoms. The van der Waals surface area contributed by atoms with E-state index in [1.54, 1.807) is 0 Å². The molecule has 0 aliphatic rings. The average molecular weight is 719 g/mol. The van der Waals surface area contributed by atoms with Crippen LogP contribution in [0.2, 0.25) is 0 Å². The molecule has 0 heterocycles. The molecule has 208 valence electrons. The minimum Gasteiger partial charge on any atom is -0.744 e. The monoisotopic (exact) mass is 718 g/mol. The van der Waals surface area contributed by atoms with E-state index in [-0.39, 0.29) is 182 Å². The number of aromatic carboxylic acids is 4. The van der Waals surface area contributed by atoms with Gasteiger partial charge in [0.25, 0.3) is 0 Å². The van der Waals surface area contributed by atoms with E-state index >= 15 is 0 Å². The summed E-state index contributed by atoms with van der Waals surface area (Å²) in [4.78, 5) is 42.6. The Morgan fingerprint density at radius 1 is 0.467 bits per heavy atom. The first-order valence-corrected chi connectivity index (χ1v) is 13.2. The normalized spacial score (nSPS) is 10.2. The van der Waals surface area contributed by atoms with Crippen LogP contribution < -0.4 is 190 Å². The maximum absolute atomic E-state index is 11.1. The largest absolute Gasteiger partial charge is 1.00 e. The number of benzene rings is 4. The van der Waals surface area contributed by atoms with Gasteiger partial charge in [-0.1, -0.05) is 48.5 Å². The van der Waals surface area contributed by atoms with Crippen molar-refractivity contribution >= 4 is 65.7 Å². The van der Waals surface area contributed by atoms with Gasteiger partial charge in [0.15, 0.2) is 0 Å². The van der Waals surface area contributed by atoms with Crippen molar-refractivity contribution in [2.75, 3.05) is 0 Å². The summed E-state index contributed by atoms with van der Waals surface area (Å²) in [7, 11) is -9.78. The summed E-state index contributed by atoms with van der Waals surface area (Å²) in [5, 5.41) is 42.6. The first kappa shape index (κ1) is 50.1. The molecule has 45 heavy (non-hydrogen) atoms. The van der Waals surface area contributed by atoms with Gasteiger partial charge >= 0.3 is 171 Å². The summed E-state index contributed by atoms with van der Waals surface area (Å²) in [5.41, 5.74) is -2.14. The summed E-state index contributed by atoms with van der Waals surface area (Å²) >= 11 is 0. The molecule has 0 aliphatic carbocycles. The number of carboxylic acid groups (broad SMARTS) is 4. The van der Waals surface area contributed by atoms with E-state index in [0.29, 0.717) is 0 Å². The van der Waals surface area contributed by atoms with Crippen molar-refractivity contribution in [3.05, 3.63) is 82.9 Å². The predicted octanol–water partition coefficient (Wildman–Crippen LogP) is -17.9. The van der Waals surface area contributed by atoms with Crippen LogP contribution in [0.15, 0.2) is 70.5 Å². The molecule has 0 amide bonds. The first-order valence-electron chi connectivity index (χ1n) is 10.4. The van der Waals surface area contributed by atoms with E-state index < -0.39 is 86.9 Å². The Morgan fingerprint density at radius 3 is 0.933 bits per heavy atom. The van der Waals surface area contributed by atoms with Gasteiger partial charge in [-0.05, 0) is 12.1 Å². The van der Waals surface area contributed by atoms with Gasteiger partial charge in [0, 0.05) is 43.8 Å². The fourth-order valence-corrected chi connectivity index (χ4v) is 5.22. The third kappa shape index (κ3) is 11.9. The van der Waals surface area contributed by atoms with E-state index in [4.69, 9.17) is 0 Å². The second-order valence-corrected chi connectivity index (χ2v) is 10.4. The average Bonchev–Trinajstić information content (AvgIpc) is 2.85. The SMILES string of the molecule is O=C([O-])c1cccc2c(S(=O)(=O)[O-])ccc(C(=O)[O-])c12.O=C([O-])c1cccc2c(S(=O)(=O)[O-])ccc(C(=O)[O-])c12.[H+].[K+].[Na+].[Na+].[Na+].[Na+]. The first-order chi connectivity index (χ1) is 18.5. The molecule has 0 atom stereocenters. The van der Waals surface area contributed by atoms with Crippen molar-refractivity contribution in [3.8, 4) is 0 Å². The standard InChI is InChI=1S/2C12H8O7S.K.4Na/c2*13-11(14)7-3-1-2-6-9(20(17,18)19)5-4-8(10(6)7)12(15)16;;;;;/h2*1-5H,(H,13,14)(H,15,16)(H,17,18,19);;;;;/q;;5*+1/p-5. The zero-order valence-electron chi connectivity index (χ0n) is 25.3. The summed E-state index contributed by atoms with van der Waals surface area (Å²) in [6.07, 6.45) is 0. The van der Waals surface area contributed by atoms with Crippen LogP contribution in [0, 0.1) is 0 Å². The van der Waals surface area contributed by atoms with Crippen LogP contribution in [-0.4, -0.2) is 49.8 Å². The molecule has 0 radical (unpaired) electrons. The van der Waals surface area contributed by atoms with Crippen molar-refractivity contribution in [1.29, 1.82) is 0 Å². The van der Waals surface area contributed by atoms with Gasteiger partial charge in [-0.3, -0.25) is 0 Å². The van der Waals surface area contributed by atoms with Crippen molar-refractivity contribution in [3.63, 3.8) is 0 Å². The van der Waals surface area contributed by atoms with Gasteiger partial charge in [0.1, 0.15) is 20.2 Å². The fraction of sp³-hybridized carbons (Fsp3) is 0. The molecule has 0 spiro atoms. The maximum atomic E-state index is 11.1. The molecule has 0 N–H and O–H groups in total. The minimum atomic E-state index is -4.89. The van der Waals surface area contributed by atoms with Gasteiger partial charge in [0.05, 0.1) is 33.7 Å². The summed E-state index contributed by atoms with van der Waals surface area (Å²) < 4.78 is 66.8. The zero-order valence-corrected chi connectivity index (χ0v) is 37.1. The molecule has 0 saturated heterocycles. The topological polar surface area (TPSA) is 275 Å². The third-order valence-corrected chi connectivity index (χ3v) is 7.21. The van der Waals surface area contributed by atoms with E-state index in [1.807, 2.05) is 0 Å². The van der Waals surface area contributed by atoms with Crippen molar-refractivity contribution in [1.82, 2.24) is 0 Å². The van der Waals surface area contributed by atoms with E-state index in [1.165, 1.54) is 12.1 Å². The maximum Gasteiger partial charge on any atom is 1.00 e. The van der Waals surface area contributed by atoms with E-state index in [0.717, 1.165) is 48.5 Å². The molecule has 0 aliphatic heterocycles. The Bertz CT molecular complexity index is 1810. The number of rotatable bonds is 6. The summed E-state index contributed by atoms with van der Waals surface area (Å²) in [6, 6.07) is 9.96. The van der Waals surface area contributed by atoms with E-state index in [9.17, 15) is 65.5 Å². The van der Waals surface area contributed by atoms with Crippen LogP contribution in [0.25, 0.3) is 21.5 Å². The fourth-order valence-electron chi connectivity index (χ4n) is 3.88. The summed E-state index contributed by atoms with van der Waals surface area (Å²) in [5.74, 6) is -6.78. The molecule has 0 fully saturated rings. The number of carbonyl (C=O) groups is 4. The Balaban J connectivity index is -0.000000339. The Kier molecular flexibility index (Phi) is 22.7. The number of hydrogen-bond acceptors (Lipinski definition) is 14. The van der Waals surface area contributed by atoms with Crippen LogP contribution in [0.4, 0.5) is 0 Å². The number of hydrogen-bond donors (Lipinski definition) is 0. The van der Waals surface area contributed by atoms with Crippen molar-refractivity contribution in [2.24, 2.45) is 0 Å². The predicted molar refractivity (Wildman–Crippen MR) is 122 cm³/mol. The molecular weight excluding hydrogens is 707 g/mol. The summed E-state index contributed by atoms with van der Waals surface area (Å²) in [6.45, 7) is 0. The Labute approximate surface area is 387 Å². The van der Waals surface area contributed by atoms with Crippen LogP contribution >= 0.6 is 0 Å². The van der Waals surface area contributed by atoms with Crippen molar-refractivity contribution in [2.45, 2.75) is 9.79 Å². The van der Waals surface area contributed by atoms with Crippen LogP contribution in [-0.2, 0) is 20.2 Å². The zero-order chi connectivity index (χ0) is 30.2. The van der Waals surface area contributed by atoms with Gasteiger partial charge in [-0.15, -0.1) is 0 Å². The number of carboxylic acids is 4. The smallest absolute Gasteiger partial charge is 0.744 e. The Morgan fingerprint density at radius 2 is 0.711 bits per heavy atom. The quantitative estimate of drug-likeness (QED) is 0.132. The van der Waals surface area contributed by atoms with Crippen LogP contribution in [0.1, 0.15) is 42.9 Å². The third-order valence-electron chi connectivity index (χ3n) is 5.42. The van der Waals surface area contributed by atoms with Gasteiger partial charge in [-0.25, -0.2) is 16.8 Å². The van der Waals surface area contributed by atoms with Crippen LogP contribution in [0.3, 0.4) is 0 Å². The molecular formula is C24H11KNa4O14S2. The number of carbonyl (C=O) groups excluding carboxylic acids is 4. The molecule has 4 rings (SSSR count). The minimum absolute atomic E-state index is 0. The van der Waals surface area contributed by atoms with E-state index in [2.05, 4.69) is 0 Å². The molecule has 0 unspecified atom stereocenters. The second-order valence-electron chi connectivity index (χ2n) is 7.74. The van der Waals surface area contributed by atoms with Gasteiger partial charge in [0.2, 0.25) is 0 Å². The second kappa shape index (κ2) is 20.4. The molecule has 0 aromatic heterocycles. The molecule has 14 nitrogen and oxygen atoms in total. The molecule has 0 saturated carbocycles. The van der Waals surface area contributed by atoms with Gasteiger partial charge < -0.3 is 48.7 Å². The number of fused-ring (bicyclic) bond motifs is 2. The molecule has 4 aromatic rings. The van der Waals surface area contributed by atoms with Crippen LogP contribution in [0.5, 0.6) is 0 Å². The molecule has 0 bridgehead atoms. The molecule has 4 aromatic carbocycles. The Hall–Kier alpha value is 0.736. The van der Waals surface area contributed by atoms with Crippen molar-refractivity contribution < 1.29 is 237 Å². The van der Waals surface area contributed by atoms with Gasteiger partial charge in [-0.2, -0.15) is 0 Å².